The van der Waals surface area contributed by atoms with Crippen LogP contribution in [0.1, 0.15) is 30.5 Å². The van der Waals surface area contributed by atoms with E-state index in [1.807, 2.05) is 60.2 Å². The summed E-state index contributed by atoms with van der Waals surface area (Å²) in [6.45, 7) is 5.52. The lowest BCUT2D eigenvalue weighted by atomic mass is 10.1. The Morgan fingerprint density at radius 3 is 2.44 bits per heavy atom. The molecule has 0 aliphatic carbocycles. The average Bonchev–Trinajstić information content (AvgIpc) is 3.27. The highest BCUT2D eigenvalue weighted by Crippen LogP contribution is 2.24. The van der Waals surface area contributed by atoms with Crippen molar-refractivity contribution in [2.75, 3.05) is 13.1 Å². The summed E-state index contributed by atoms with van der Waals surface area (Å²) in [5.41, 5.74) is 3.71. The van der Waals surface area contributed by atoms with Crippen molar-refractivity contribution in [1.29, 1.82) is 0 Å². The normalized spacial score (nSPS) is 11.5. The van der Waals surface area contributed by atoms with Gasteiger partial charge in [-0.2, -0.15) is 0 Å². The van der Waals surface area contributed by atoms with Crippen LogP contribution in [0.15, 0.2) is 72.9 Å². The van der Waals surface area contributed by atoms with Gasteiger partial charge in [0.05, 0.1) is 16.6 Å². The fraction of sp³-hybridized carbons (Fsp3) is 0.276. The number of hydrogen-bond acceptors (Lipinski definition) is 2. The highest BCUT2D eigenvalue weighted by molar-refractivity contribution is 6.42. The maximum Gasteiger partial charge on any atom is 0.237 e. The Kier molecular flexibility index (Phi) is 8.68. The zero-order valence-electron chi connectivity index (χ0n) is 20.5. The summed E-state index contributed by atoms with van der Waals surface area (Å²) in [4.78, 5) is 20.8. The summed E-state index contributed by atoms with van der Waals surface area (Å²) in [5.74, 6) is -0.284. The number of aromatic amines is 1. The Bertz CT molecular complexity index is 1340. The molecule has 0 aliphatic rings. The van der Waals surface area contributed by atoms with Gasteiger partial charge in [-0.3, -0.25) is 9.69 Å². The number of hydrogen-bond donors (Lipinski definition) is 1. The molecule has 0 unspecified atom stereocenters. The van der Waals surface area contributed by atoms with Gasteiger partial charge in [0.1, 0.15) is 5.82 Å². The van der Waals surface area contributed by atoms with Gasteiger partial charge in [-0.1, -0.05) is 65.7 Å². The minimum atomic E-state index is -0.261. The Labute approximate surface area is 221 Å². The van der Waals surface area contributed by atoms with E-state index in [-0.39, 0.29) is 24.3 Å². The molecule has 1 N–H and O–H groups in total. The minimum Gasteiger partial charge on any atom is -0.361 e. The van der Waals surface area contributed by atoms with Crippen LogP contribution in [0.5, 0.6) is 0 Å². The molecule has 0 aliphatic heterocycles. The molecular weight excluding hydrogens is 496 g/mol. The fourth-order valence-corrected chi connectivity index (χ4v) is 4.61. The van der Waals surface area contributed by atoms with Crippen LogP contribution < -0.4 is 0 Å². The largest absolute Gasteiger partial charge is 0.361 e. The molecule has 7 heteroatoms. The highest BCUT2D eigenvalue weighted by atomic mass is 35.5. The van der Waals surface area contributed by atoms with E-state index >= 15 is 0 Å². The first-order valence-electron chi connectivity index (χ1n) is 12.1. The number of nitrogens with zero attached hydrogens (tertiary/aromatic N) is 2. The monoisotopic (exact) mass is 525 g/mol. The lowest BCUT2D eigenvalue weighted by molar-refractivity contribution is -0.133. The molecule has 1 aromatic heterocycles. The number of H-pyrrole nitrogens is 1. The average molecular weight is 526 g/mol. The predicted molar refractivity (Wildman–Crippen MR) is 146 cm³/mol. The molecule has 1 heterocycles. The molecule has 1 amide bonds. The van der Waals surface area contributed by atoms with Crippen molar-refractivity contribution in [2.24, 2.45) is 0 Å². The van der Waals surface area contributed by atoms with Crippen molar-refractivity contribution < 1.29 is 9.18 Å². The van der Waals surface area contributed by atoms with Crippen LogP contribution in [0.2, 0.25) is 10.0 Å². The van der Waals surface area contributed by atoms with Gasteiger partial charge in [-0.25, -0.2) is 4.39 Å². The van der Waals surface area contributed by atoms with E-state index in [9.17, 15) is 9.18 Å². The van der Waals surface area contributed by atoms with Crippen LogP contribution in [-0.4, -0.2) is 39.8 Å². The number of carbonyl (C=O) groups excluding carboxylic acids is 1. The Morgan fingerprint density at radius 1 is 0.944 bits per heavy atom. The van der Waals surface area contributed by atoms with E-state index in [2.05, 4.69) is 11.1 Å². The molecule has 0 spiro atoms. The van der Waals surface area contributed by atoms with Crippen molar-refractivity contribution in [3.8, 4) is 0 Å². The first kappa shape index (κ1) is 26.2. The minimum absolute atomic E-state index is 0.0223. The van der Waals surface area contributed by atoms with Crippen molar-refractivity contribution in [3.05, 3.63) is 105 Å². The van der Waals surface area contributed by atoms with E-state index in [0.29, 0.717) is 41.7 Å². The van der Waals surface area contributed by atoms with Crippen molar-refractivity contribution >= 4 is 40.0 Å². The number of para-hydroxylation sites is 1. The standard InChI is InChI=1S/C29H30Cl2FN3O/c1-20(2)35(18-23-7-3-5-9-27(23)32)19-29(36)34(17-21-11-12-25(30)26(31)15-21)14-13-22-16-33-28-10-6-4-8-24(22)28/h3-12,15-16,20,33H,13-14,17-19H2,1-2H3. The summed E-state index contributed by atoms with van der Waals surface area (Å²) >= 11 is 12.4. The summed E-state index contributed by atoms with van der Waals surface area (Å²) in [7, 11) is 0. The van der Waals surface area contributed by atoms with Gasteiger partial charge in [-0.05, 0) is 55.7 Å². The van der Waals surface area contributed by atoms with Crippen molar-refractivity contribution in [3.63, 3.8) is 0 Å². The highest BCUT2D eigenvalue weighted by Gasteiger charge is 2.21. The molecule has 0 bridgehead atoms. The van der Waals surface area contributed by atoms with E-state index in [4.69, 9.17) is 23.2 Å². The maximum atomic E-state index is 14.3. The number of amides is 1. The molecule has 3 aromatic carbocycles. The molecule has 0 saturated carbocycles. The molecule has 0 radical (unpaired) electrons. The number of carbonyl (C=O) groups is 1. The van der Waals surface area contributed by atoms with Crippen LogP contribution in [0.4, 0.5) is 4.39 Å². The third-order valence-electron chi connectivity index (χ3n) is 6.44. The molecule has 0 saturated heterocycles. The number of aromatic nitrogens is 1. The SMILES string of the molecule is CC(C)N(CC(=O)N(CCc1c[nH]c2ccccc12)Cc1ccc(Cl)c(Cl)c1)Cc1ccccc1F. The third-order valence-corrected chi connectivity index (χ3v) is 7.18. The number of benzene rings is 3. The molecule has 4 nitrogen and oxygen atoms in total. The number of halogens is 3. The second-order valence-electron chi connectivity index (χ2n) is 9.26. The zero-order chi connectivity index (χ0) is 25.7. The van der Waals surface area contributed by atoms with Gasteiger partial charge in [0, 0.05) is 48.3 Å². The Morgan fingerprint density at radius 2 is 1.69 bits per heavy atom. The van der Waals surface area contributed by atoms with Gasteiger partial charge in [0.25, 0.3) is 0 Å². The lowest BCUT2D eigenvalue weighted by Gasteiger charge is -2.30. The van der Waals surface area contributed by atoms with Gasteiger partial charge < -0.3 is 9.88 Å². The summed E-state index contributed by atoms with van der Waals surface area (Å²) in [6.07, 6.45) is 2.71. The van der Waals surface area contributed by atoms with E-state index in [0.717, 1.165) is 22.0 Å². The molecule has 4 rings (SSSR count). The topological polar surface area (TPSA) is 39.3 Å². The molecule has 0 fully saturated rings. The summed E-state index contributed by atoms with van der Waals surface area (Å²) in [5, 5.41) is 2.09. The van der Waals surface area contributed by atoms with E-state index < -0.39 is 0 Å². The maximum absolute atomic E-state index is 14.3. The quantitative estimate of drug-likeness (QED) is 0.240. The van der Waals surface area contributed by atoms with Crippen LogP contribution in [0.3, 0.4) is 0 Å². The number of rotatable bonds is 10. The molecule has 36 heavy (non-hydrogen) atoms. The molecule has 4 aromatic rings. The smallest absolute Gasteiger partial charge is 0.237 e. The first-order valence-corrected chi connectivity index (χ1v) is 12.8. The van der Waals surface area contributed by atoms with Crippen LogP contribution in [0.25, 0.3) is 10.9 Å². The second-order valence-corrected chi connectivity index (χ2v) is 10.1. The van der Waals surface area contributed by atoms with Gasteiger partial charge in [0.2, 0.25) is 5.91 Å². The molecular formula is C29H30Cl2FN3O. The summed E-state index contributed by atoms with van der Waals surface area (Å²) in [6, 6.07) is 20.4. The van der Waals surface area contributed by atoms with Gasteiger partial charge in [-0.15, -0.1) is 0 Å². The third kappa shape index (κ3) is 6.47. The number of fused-ring (bicyclic) bond motifs is 1. The van der Waals surface area contributed by atoms with E-state index in [1.165, 1.54) is 6.07 Å². The van der Waals surface area contributed by atoms with Gasteiger partial charge in [0.15, 0.2) is 0 Å². The van der Waals surface area contributed by atoms with Crippen LogP contribution in [-0.2, 0) is 24.3 Å². The molecule has 188 valence electrons. The predicted octanol–water partition coefficient (Wildman–Crippen LogP) is 7.10. The summed E-state index contributed by atoms with van der Waals surface area (Å²) < 4.78 is 14.3. The molecule has 0 atom stereocenters. The van der Waals surface area contributed by atoms with Crippen LogP contribution in [0, 0.1) is 5.82 Å². The van der Waals surface area contributed by atoms with Crippen molar-refractivity contribution in [2.45, 2.75) is 39.4 Å². The Hall–Kier alpha value is -2.86. The fourth-order valence-electron chi connectivity index (χ4n) is 4.28. The second kappa shape index (κ2) is 11.9. The van der Waals surface area contributed by atoms with E-state index in [1.54, 1.807) is 24.3 Å². The number of nitrogens with one attached hydrogen (secondary N) is 1. The zero-order valence-corrected chi connectivity index (χ0v) is 22.0. The van der Waals surface area contributed by atoms with Crippen LogP contribution >= 0.6 is 23.2 Å². The van der Waals surface area contributed by atoms with Gasteiger partial charge >= 0.3 is 0 Å². The Balaban J connectivity index is 1.54. The van der Waals surface area contributed by atoms with Crippen molar-refractivity contribution in [1.82, 2.24) is 14.8 Å². The lowest BCUT2D eigenvalue weighted by Crippen LogP contribution is -2.43. The first-order chi connectivity index (χ1) is 17.3.